The highest BCUT2D eigenvalue weighted by atomic mass is 32.2. The van der Waals surface area contributed by atoms with E-state index in [0.29, 0.717) is 11.4 Å². The predicted molar refractivity (Wildman–Crippen MR) is 73.4 cm³/mol. The van der Waals surface area contributed by atoms with Gasteiger partial charge < -0.3 is 10.0 Å². The van der Waals surface area contributed by atoms with Gasteiger partial charge in [0.2, 0.25) is 10.0 Å². The van der Waals surface area contributed by atoms with Crippen molar-refractivity contribution in [1.29, 1.82) is 5.26 Å². The quantitative estimate of drug-likeness (QED) is 0.783. The fourth-order valence-electron chi connectivity index (χ4n) is 1.58. The zero-order valence-electron chi connectivity index (χ0n) is 11.0. The summed E-state index contributed by atoms with van der Waals surface area (Å²) in [6.45, 7) is 1.81. The molecule has 8 heteroatoms. The fourth-order valence-corrected chi connectivity index (χ4v) is 3.89. The first-order valence-electron chi connectivity index (χ1n) is 5.53. The average Bonchev–Trinajstić information content (AvgIpc) is 2.74. The van der Waals surface area contributed by atoms with Gasteiger partial charge in [-0.15, -0.1) is 11.3 Å². The van der Waals surface area contributed by atoms with Crippen molar-refractivity contribution < 1.29 is 13.5 Å². The lowest BCUT2D eigenvalue weighted by atomic mass is 10.1. The average molecular weight is 303 g/mol. The second-order valence-corrected chi connectivity index (χ2v) is 7.87. The summed E-state index contributed by atoms with van der Waals surface area (Å²) in [5, 5.41) is 18.7. The third kappa shape index (κ3) is 4.89. The maximum Gasteiger partial charge on any atom is 0.250 e. The predicted octanol–water partition coefficient (Wildman–Crippen LogP) is 0.211. The van der Waals surface area contributed by atoms with Gasteiger partial charge in [-0.3, -0.25) is 0 Å². The molecule has 0 amide bonds. The lowest BCUT2D eigenvalue weighted by Gasteiger charge is -2.26. The molecular formula is C11H17N3O3S2. The van der Waals surface area contributed by atoms with Crippen LogP contribution < -0.4 is 4.72 Å². The van der Waals surface area contributed by atoms with E-state index in [-0.39, 0.29) is 10.8 Å². The smallest absolute Gasteiger partial charge is 0.250 e. The van der Waals surface area contributed by atoms with Crippen molar-refractivity contribution >= 4 is 21.4 Å². The summed E-state index contributed by atoms with van der Waals surface area (Å²) >= 11 is 0.901. The molecule has 106 valence electrons. The van der Waals surface area contributed by atoms with Gasteiger partial charge >= 0.3 is 0 Å². The Hall–Kier alpha value is -0.980. The Bertz CT molecular complexity index is 570. The zero-order valence-corrected chi connectivity index (χ0v) is 12.7. The summed E-state index contributed by atoms with van der Waals surface area (Å²) in [7, 11) is -0.0935. The van der Waals surface area contributed by atoms with E-state index in [2.05, 4.69) is 4.72 Å². The van der Waals surface area contributed by atoms with Gasteiger partial charge in [0, 0.05) is 13.1 Å². The van der Waals surface area contributed by atoms with Crippen LogP contribution in [-0.2, 0) is 10.0 Å². The molecule has 0 aromatic carbocycles. The Morgan fingerprint density at radius 3 is 2.63 bits per heavy atom. The third-order valence-electron chi connectivity index (χ3n) is 2.26. The lowest BCUT2D eigenvalue weighted by Crippen LogP contribution is -2.46. The number of thiophene rings is 1. The van der Waals surface area contributed by atoms with E-state index in [1.54, 1.807) is 25.9 Å². The van der Waals surface area contributed by atoms with Crippen molar-refractivity contribution in [2.45, 2.75) is 16.7 Å². The maximum absolute atomic E-state index is 12.0. The van der Waals surface area contributed by atoms with Crippen LogP contribution in [0.1, 0.15) is 11.8 Å². The van der Waals surface area contributed by atoms with Crippen molar-refractivity contribution in [2.24, 2.45) is 0 Å². The van der Waals surface area contributed by atoms with Crippen LogP contribution in [0.5, 0.6) is 0 Å². The van der Waals surface area contributed by atoms with E-state index < -0.39 is 15.6 Å². The molecule has 0 spiro atoms. The molecule has 2 N–H and O–H groups in total. The summed E-state index contributed by atoms with van der Waals surface area (Å²) in [5.74, 6) is 0. The highest BCUT2D eigenvalue weighted by Gasteiger charge is 2.25. The van der Waals surface area contributed by atoms with E-state index in [0.717, 1.165) is 11.3 Å². The van der Waals surface area contributed by atoms with E-state index in [4.69, 9.17) is 5.26 Å². The third-order valence-corrected chi connectivity index (χ3v) is 5.14. The van der Waals surface area contributed by atoms with Gasteiger partial charge in [0.1, 0.15) is 15.2 Å². The molecule has 6 nitrogen and oxygen atoms in total. The van der Waals surface area contributed by atoms with Gasteiger partial charge in [-0.2, -0.15) is 5.26 Å². The second-order valence-electron chi connectivity index (χ2n) is 4.79. The van der Waals surface area contributed by atoms with Crippen molar-refractivity contribution in [3.05, 3.63) is 17.0 Å². The number of aliphatic hydroxyl groups is 1. The fraction of sp³-hybridized carbons (Fsp3) is 0.545. The minimum atomic E-state index is -3.68. The molecule has 0 saturated carbocycles. The normalized spacial score (nSPS) is 15.2. The molecule has 0 radical (unpaired) electrons. The van der Waals surface area contributed by atoms with Crippen molar-refractivity contribution in [3.8, 4) is 6.07 Å². The van der Waals surface area contributed by atoms with E-state index in [1.807, 2.05) is 6.07 Å². The van der Waals surface area contributed by atoms with Gasteiger partial charge in [0.15, 0.2) is 0 Å². The van der Waals surface area contributed by atoms with Gasteiger partial charge in [0.25, 0.3) is 0 Å². The summed E-state index contributed by atoms with van der Waals surface area (Å²) in [6, 6.07) is 4.72. The van der Waals surface area contributed by atoms with Crippen LogP contribution in [0.3, 0.4) is 0 Å². The SMILES string of the molecule is CN(C)CC(C)(O)CNS(=O)(=O)c1ccc(C#N)s1. The highest BCUT2D eigenvalue weighted by Crippen LogP contribution is 2.20. The molecule has 0 aliphatic heterocycles. The molecule has 0 bridgehead atoms. The van der Waals surface area contributed by atoms with Crippen molar-refractivity contribution in [3.63, 3.8) is 0 Å². The Balaban J connectivity index is 2.73. The van der Waals surface area contributed by atoms with Crippen LogP contribution >= 0.6 is 11.3 Å². The van der Waals surface area contributed by atoms with Crippen LogP contribution in [0, 0.1) is 11.3 Å². The first-order chi connectivity index (χ1) is 8.66. The minimum absolute atomic E-state index is 0.0738. The van der Waals surface area contributed by atoms with Crippen LogP contribution in [0.2, 0.25) is 0 Å². The number of nitrogens with zero attached hydrogens (tertiary/aromatic N) is 2. The Morgan fingerprint density at radius 1 is 1.53 bits per heavy atom. The first kappa shape index (κ1) is 16.1. The lowest BCUT2D eigenvalue weighted by molar-refractivity contribution is 0.0386. The van der Waals surface area contributed by atoms with Crippen molar-refractivity contribution in [1.82, 2.24) is 9.62 Å². The topological polar surface area (TPSA) is 93.4 Å². The van der Waals surface area contributed by atoms with Gasteiger partial charge in [-0.1, -0.05) is 0 Å². The Morgan fingerprint density at radius 2 is 2.16 bits per heavy atom. The summed E-state index contributed by atoms with van der Waals surface area (Å²) in [4.78, 5) is 2.10. The molecule has 1 aromatic heterocycles. The molecule has 1 aromatic rings. The number of likely N-dealkylation sites (N-methyl/N-ethyl adjacent to an activating group) is 1. The molecule has 1 atom stereocenters. The first-order valence-corrected chi connectivity index (χ1v) is 7.83. The van der Waals surface area contributed by atoms with Crippen LogP contribution in [-0.4, -0.2) is 51.2 Å². The number of nitriles is 1. The summed E-state index contributed by atoms with van der Waals surface area (Å²) in [5.41, 5.74) is -1.16. The molecule has 19 heavy (non-hydrogen) atoms. The standard InChI is InChI=1S/C11H17N3O3S2/c1-11(15,8-14(2)3)7-13-19(16,17)10-5-4-9(6-12)18-10/h4-5,13,15H,7-8H2,1-3H3. The molecule has 1 heterocycles. The number of sulfonamides is 1. The largest absolute Gasteiger partial charge is 0.387 e. The number of nitrogens with one attached hydrogen (secondary N) is 1. The molecule has 0 fully saturated rings. The van der Waals surface area contributed by atoms with E-state index in [9.17, 15) is 13.5 Å². The number of hydrogen-bond donors (Lipinski definition) is 2. The zero-order chi connectivity index (χ0) is 14.7. The molecular weight excluding hydrogens is 286 g/mol. The molecule has 0 aliphatic rings. The van der Waals surface area contributed by atoms with Gasteiger partial charge in [0.05, 0.1) is 5.60 Å². The Kier molecular flexibility index (Phi) is 5.06. The minimum Gasteiger partial charge on any atom is -0.387 e. The number of hydrogen-bond acceptors (Lipinski definition) is 6. The van der Waals surface area contributed by atoms with Gasteiger partial charge in [-0.25, -0.2) is 13.1 Å². The summed E-state index contributed by atoms with van der Waals surface area (Å²) < 4.78 is 26.3. The molecule has 1 rings (SSSR count). The van der Waals surface area contributed by atoms with Crippen molar-refractivity contribution in [2.75, 3.05) is 27.2 Å². The van der Waals surface area contributed by atoms with Crippen LogP contribution in [0.15, 0.2) is 16.3 Å². The maximum atomic E-state index is 12.0. The monoisotopic (exact) mass is 303 g/mol. The van der Waals surface area contributed by atoms with Crippen LogP contribution in [0.25, 0.3) is 0 Å². The van der Waals surface area contributed by atoms with E-state index in [1.165, 1.54) is 12.1 Å². The highest BCUT2D eigenvalue weighted by molar-refractivity contribution is 7.91. The molecule has 1 unspecified atom stereocenters. The molecule has 0 aliphatic carbocycles. The van der Waals surface area contributed by atoms with Gasteiger partial charge in [-0.05, 0) is 33.2 Å². The number of rotatable bonds is 6. The van der Waals surface area contributed by atoms with E-state index >= 15 is 0 Å². The Labute approximate surface area is 117 Å². The molecule has 0 saturated heterocycles. The second kappa shape index (κ2) is 5.98. The summed E-state index contributed by atoms with van der Waals surface area (Å²) in [6.07, 6.45) is 0. The van der Waals surface area contributed by atoms with Crippen LogP contribution in [0.4, 0.5) is 0 Å².